The Kier molecular flexibility index (Phi) is 10.4. The van der Waals surface area contributed by atoms with Crippen LogP contribution in [0.15, 0.2) is 35.5 Å². The first-order valence-corrected chi connectivity index (χ1v) is 23.3. The third kappa shape index (κ3) is 6.28. The van der Waals surface area contributed by atoms with Gasteiger partial charge in [-0.25, -0.2) is 8.42 Å². The van der Waals surface area contributed by atoms with Gasteiger partial charge in [-0.1, -0.05) is 58.9 Å². The lowest BCUT2D eigenvalue weighted by atomic mass is 9.33. The number of likely N-dealkylation sites (tertiary alicyclic amines) is 1. The van der Waals surface area contributed by atoms with Crippen LogP contribution in [0.2, 0.25) is 0 Å². The first-order chi connectivity index (χ1) is 24.8. The van der Waals surface area contributed by atoms with Gasteiger partial charge in [0.05, 0.1) is 17.8 Å². The second-order valence-corrected chi connectivity index (χ2v) is 23.0. The van der Waals surface area contributed by atoms with Crippen molar-refractivity contribution >= 4 is 15.8 Å². The van der Waals surface area contributed by atoms with Crippen molar-refractivity contribution in [2.24, 2.45) is 63.1 Å². The molecule has 1 aliphatic heterocycles. The van der Waals surface area contributed by atoms with Gasteiger partial charge in [0, 0.05) is 30.8 Å². The second-order valence-electron chi connectivity index (χ2n) is 20.7. The first kappa shape index (κ1) is 39.7. The topological polar surface area (TPSA) is 86.7 Å². The molecule has 2 N–H and O–H groups in total. The van der Waals surface area contributed by atoms with Gasteiger partial charge in [0.25, 0.3) is 0 Å². The van der Waals surface area contributed by atoms with Gasteiger partial charge in [-0.3, -0.25) is 9.18 Å². The van der Waals surface area contributed by atoms with Crippen molar-refractivity contribution < 1.29 is 22.7 Å². The van der Waals surface area contributed by atoms with Crippen molar-refractivity contribution in [2.75, 3.05) is 39.1 Å². The quantitative estimate of drug-likeness (QED) is 0.229. The van der Waals surface area contributed by atoms with Gasteiger partial charge in [-0.05, 0) is 166 Å². The second kappa shape index (κ2) is 13.9. The smallest absolute Gasteiger partial charge is 0.307 e. The normalized spacial score (nSPS) is 44.5. The Labute approximate surface area is 321 Å². The van der Waals surface area contributed by atoms with E-state index in [1.807, 2.05) is 6.08 Å². The standard InChI is InChI=1S/C45H71FN2O4S/c1-29(2)33-13-20-45(47-23-26-48-24-16-32(17-25-48)53(8,51)52)22-21-43(6)36(39(33)45)11-12-38-42(5)18-14-35(41(3,4)37(42)15-19-44(38,43)7)30-9-10-34(40(49)50)31(27-30)28-46/h14,27,31-34,36-39,47H,1,9-13,15-26,28H2,2-8H3,(H,49,50)/t31?,33-,34+,36+,37-,38+,39+,42-,43+,44+,45-/m0/s1. The number of alkyl halides is 1. The molecule has 0 aromatic carbocycles. The Balaban J connectivity index is 1.12. The van der Waals surface area contributed by atoms with E-state index < -0.39 is 34.3 Å². The predicted octanol–water partition coefficient (Wildman–Crippen LogP) is 9.04. The molecule has 298 valence electrons. The molecule has 6 aliphatic carbocycles. The lowest BCUT2D eigenvalue weighted by molar-refractivity contribution is -0.221. The average molecular weight is 755 g/mol. The highest BCUT2D eigenvalue weighted by molar-refractivity contribution is 7.91. The van der Waals surface area contributed by atoms with E-state index in [0.29, 0.717) is 36.0 Å². The molecule has 0 radical (unpaired) electrons. The SMILES string of the molecule is C=C(C)[C@@H]1CC[C@]2(NCCN3CCC(S(C)(=O)=O)CC3)CC[C@]3(C)[C@H](CC[C@@H]4[C@@]5(C)CC=C(C6=CC(CF)[C@H](C(=O)O)CC6)C(C)(C)[C@@H]5CC[C@]43C)[C@@H]12. The van der Waals surface area contributed by atoms with Crippen LogP contribution in [0.25, 0.3) is 0 Å². The predicted molar refractivity (Wildman–Crippen MR) is 213 cm³/mol. The molecule has 0 bridgehead atoms. The minimum atomic E-state index is -2.96. The molecular weight excluding hydrogens is 684 g/mol. The number of nitrogens with one attached hydrogen (secondary N) is 1. The van der Waals surface area contributed by atoms with Gasteiger partial charge < -0.3 is 15.3 Å². The number of carboxylic acid groups (broad SMARTS) is 1. The van der Waals surface area contributed by atoms with Crippen LogP contribution >= 0.6 is 0 Å². The summed E-state index contributed by atoms with van der Waals surface area (Å²) >= 11 is 0. The van der Waals surface area contributed by atoms with Gasteiger partial charge in [-0.2, -0.15) is 0 Å². The Bertz CT molecular complexity index is 1630. The number of nitrogens with zero attached hydrogens (tertiary/aromatic N) is 1. The molecule has 0 amide bonds. The van der Waals surface area contributed by atoms with E-state index in [1.165, 1.54) is 74.3 Å². The van der Waals surface area contributed by atoms with Crippen LogP contribution in [-0.2, 0) is 14.6 Å². The van der Waals surface area contributed by atoms with Crippen molar-refractivity contribution in [3.8, 4) is 0 Å². The summed E-state index contributed by atoms with van der Waals surface area (Å²) in [5.74, 6) is 0.985. The number of hydrogen-bond acceptors (Lipinski definition) is 5. The van der Waals surface area contributed by atoms with Crippen molar-refractivity contribution in [1.82, 2.24) is 10.2 Å². The summed E-state index contributed by atoms with van der Waals surface area (Å²) in [4.78, 5) is 14.4. The Morgan fingerprint density at radius 1 is 0.943 bits per heavy atom. The minimum Gasteiger partial charge on any atom is -0.481 e. The summed E-state index contributed by atoms with van der Waals surface area (Å²) in [7, 11) is -2.96. The van der Waals surface area contributed by atoms with E-state index in [1.54, 1.807) is 0 Å². The number of allylic oxidation sites excluding steroid dienone is 5. The molecule has 7 aliphatic rings. The lowest BCUT2D eigenvalue weighted by Crippen LogP contribution is -2.68. The van der Waals surface area contributed by atoms with Crippen LogP contribution in [0.5, 0.6) is 0 Å². The zero-order valence-electron chi connectivity index (χ0n) is 34.1. The Hall–Kier alpha value is -1.51. The molecule has 4 saturated carbocycles. The molecule has 0 aromatic heterocycles. The van der Waals surface area contributed by atoms with Crippen LogP contribution in [0.4, 0.5) is 4.39 Å². The third-order valence-electron chi connectivity index (χ3n) is 18.2. The van der Waals surface area contributed by atoms with Gasteiger partial charge in [0.2, 0.25) is 0 Å². The Morgan fingerprint density at radius 2 is 1.66 bits per heavy atom. The van der Waals surface area contributed by atoms with E-state index in [-0.39, 0.29) is 32.4 Å². The number of sulfone groups is 1. The number of piperidine rings is 1. The number of carboxylic acids is 1. The van der Waals surface area contributed by atoms with Crippen molar-refractivity contribution in [1.29, 1.82) is 0 Å². The number of carbonyl (C=O) groups is 1. The van der Waals surface area contributed by atoms with E-state index >= 15 is 0 Å². The van der Waals surface area contributed by atoms with Crippen molar-refractivity contribution in [3.63, 3.8) is 0 Å². The summed E-state index contributed by atoms with van der Waals surface area (Å²) in [5, 5.41) is 13.8. The summed E-state index contributed by atoms with van der Waals surface area (Å²) in [6.45, 7) is 22.9. The molecule has 1 heterocycles. The minimum absolute atomic E-state index is 0.0446. The molecule has 0 aromatic rings. The van der Waals surface area contributed by atoms with E-state index in [9.17, 15) is 22.7 Å². The highest BCUT2D eigenvalue weighted by Gasteiger charge is 2.70. The van der Waals surface area contributed by atoms with Crippen LogP contribution in [0, 0.1) is 63.1 Å². The lowest BCUT2D eigenvalue weighted by Gasteiger charge is -2.72. The largest absolute Gasteiger partial charge is 0.481 e. The maximum Gasteiger partial charge on any atom is 0.307 e. The molecule has 6 nitrogen and oxygen atoms in total. The zero-order chi connectivity index (χ0) is 38.4. The van der Waals surface area contributed by atoms with Crippen LogP contribution in [-0.4, -0.2) is 74.3 Å². The van der Waals surface area contributed by atoms with E-state index in [0.717, 1.165) is 51.9 Å². The number of rotatable bonds is 9. The number of fused-ring (bicyclic) bond motifs is 7. The fourth-order valence-corrected chi connectivity index (χ4v) is 16.4. The van der Waals surface area contributed by atoms with Crippen molar-refractivity contribution in [3.05, 3.63) is 35.5 Å². The molecule has 1 unspecified atom stereocenters. The Morgan fingerprint density at radius 3 is 2.30 bits per heavy atom. The number of hydrogen-bond donors (Lipinski definition) is 2. The zero-order valence-corrected chi connectivity index (χ0v) is 34.9. The maximum atomic E-state index is 14.2. The molecule has 11 atom stereocenters. The highest BCUT2D eigenvalue weighted by Crippen LogP contribution is 2.76. The molecule has 8 heteroatoms. The molecule has 53 heavy (non-hydrogen) atoms. The van der Waals surface area contributed by atoms with Gasteiger partial charge in [-0.15, -0.1) is 0 Å². The van der Waals surface area contributed by atoms with E-state index in [4.69, 9.17) is 0 Å². The van der Waals surface area contributed by atoms with Gasteiger partial charge in [0.15, 0.2) is 0 Å². The summed E-state index contributed by atoms with van der Waals surface area (Å²) in [6.07, 6.45) is 19.7. The van der Waals surface area contributed by atoms with Gasteiger partial charge >= 0.3 is 5.97 Å². The molecular formula is C45H71FN2O4S. The van der Waals surface area contributed by atoms with Crippen LogP contribution in [0.1, 0.15) is 125 Å². The molecule has 1 saturated heterocycles. The number of aliphatic carboxylic acids is 1. The summed E-state index contributed by atoms with van der Waals surface area (Å²) in [5.41, 5.74) is 4.74. The van der Waals surface area contributed by atoms with Crippen LogP contribution in [0.3, 0.4) is 0 Å². The summed E-state index contributed by atoms with van der Waals surface area (Å²) in [6, 6.07) is 0. The average Bonchev–Trinajstić information content (AvgIpc) is 3.48. The fraction of sp³-hybridized carbons (Fsp3) is 0.844. The molecule has 0 spiro atoms. The maximum absolute atomic E-state index is 14.2. The highest BCUT2D eigenvalue weighted by atomic mass is 32.2. The fourth-order valence-electron chi connectivity index (χ4n) is 15.3. The van der Waals surface area contributed by atoms with E-state index in [2.05, 4.69) is 64.4 Å². The molecule has 5 fully saturated rings. The van der Waals surface area contributed by atoms with Gasteiger partial charge in [0.1, 0.15) is 9.84 Å². The third-order valence-corrected chi connectivity index (χ3v) is 19.9. The summed E-state index contributed by atoms with van der Waals surface area (Å²) < 4.78 is 38.4. The monoisotopic (exact) mass is 755 g/mol. The molecule has 7 rings (SSSR count). The first-order valence-electron chi connectivity index (χ1n) is 21.3. The number of halogens is 1. The van der Waals surface area contributed by atoms with Crippen LogP contribution < -0.4 is 5.32 Å². The van der Waals surface area contributed by atoms with Crippen molar-refractivity contribution in [2.45, 2.75) is 136 Å².